The average molecular weight is 396 g/mol. The minimum Gasteiger partial charge on any atom is -0.397 e. The smallest absolute Gasteiger partial charge is 0.269 e. The summed E-state index contributed by atoms with van der Waals surface area (Å²) in [6, 6.07) is 7.58. The predicted molar refractivity (Wildman–Crippen MR) is 106 cm³/mol. The van der Waals surface area contributed by atoms with Crippen molar-refractivity contribution in [1.29, 1.82) is 0 Å². The van der Waals surface area contributed by atoms with Gasteiger partial charge < -0.3 is 21.5 Å². The van der Waals surface area contributed by atoms with E-state index in [2.05, 4.69) is 16.8 Å². The third-order valence-electron chi connectivity index (χ3n) is 4.82. The fourth-order valence-corrected chi connectivity index (χ4v) is 3.28. The van der Waals surface area contributed by atoms with Gasteiger partial charge in [-0.05, 0) is 25.0 Å². The number of piperidine rings is 1. The summed E-state index contributed by atoms with van der Waals surface area (Å²) >= 11 is 0. The molecule has 0 spiro atoms. The largest absolute Gasteiger partial charge is 0.397 e. The van der Waals surface area contributed by atoms with Crippen molar-refractivity contribution in [2.75, 3.05) is 19.3 Å². The van der Waals surface area contributed by atoms with Gasteiger partial charge in [0.05, 0.1) is 5.69 Å². The fourth-order valence-electron chi connectivity index (χ4n) is 3.28. The second-order valence-corrected chi connectivity index (χ2v) is 7.04. The Morgan fingerprint density at radius 2 is 2.17 bits per heavy atom. The summed E-state index contributed by atoms with van der Waals surface area (Å²) in [6.45, 7) is 0.615. The van der Waals surface area contributed by atoms with Gasteiger partial charge in [0.25, 0.3) is 11.8 Å². The van der Waals surface area contributed by atoms with Crippen LogP contribution in [0.15, 0.2) is 30.3 Å². The maximum absolute atomic E-state index is 14.3. The van der Waals surface area contributed by atoms with Gasteiger partial charge in [0, 0.05) is 37.2 Å². The van der Waals surface area contributed by atoms with Gasteiger partial charge >= 0.3 is 0 Å². The summed E-state index contributed by atoms with van der Waals surface area (Å²) in [4.78, 5) is 29.1. The molecule has 2 aromatic rings. The highest BCUT2D eigenvalue weighted by Crippen LogP contribution is 2.26. The zero-order valence-electron chi connectivity index (χ0n) is 15.9. The molecule has 5 N–H and O–H groups in total. The molecule has 0 saturated carbocycles. The fraction of sp³-hybridized carbons (Fsp3) is 0.286. The molecule has 1 aromatic heterocycles. The zero-order chi connectivity index (χ0) is 21.2. The Hall–Kier alpha value is -3.44. The van der Waals surface area contributed by atoms with Crippen LogP contribution in [-0.2, 0) is 4.79 Å². The molecule has 1 atom stereocenters. The standard InChI is InChI=1S/C21H21FN4O3/c1-26-10-4-9-21(29,20(26)28)8-3-6-13-5-2-7-14(11-13)17-15(22)12-16(23)18(25-17)19(24)27/h2,5,7,11-12,29H,4,8-10,23H2,1H3,(H2,24,27)/t21-/m0/s1. The molecule has 1 fully saturated rings. The average Bonchev–Trinajstić information content (AvgIpc) is 2.66. The van der Waals surface area contributed by atoms with E-state index >= 15 is 0 Å². The van der Waals surface area contributed by atoms with Crippen molar-refractivity contribution >= 4 is 17.5 Å². The molecular formula is C21H21FN4O3. The van der Waals surface area contributed by atoms with Gasteiger partial charge in [0.1, 0.15) is 5.69 Å². The number of nitrogens with two attached hydrogens (primary N) is 2. The Kier molecular flexibility index (Phi) is 5.52. The number of primary amides is 1. The predicted octanol–water partition coefficient (Wildman–Crippen LogP) is 1.29. The minimum absolute atomic E-state index is 0.000701. The number of rotatable bonds is 3. The molecule has 150 valence electrons. The van der Waals surface area contributed by atoms with Gasteiger partial charge in [-0.2, -0.15) is 0 Å². The lowest BCUT2D eigenvalue weighted by atomic mass is 9.89. The van der Waals surface area contributed by atoms with E-state index in [1.54, 1.807) is 31.3 Å². The van der Waals surface area contributed by atoms with Crippen LogP contribution < -0.4 is 11.5 Å². The third-order valence-corrected chi connectivity index (χ3v) is 4.82. The molecule has 1 aliphatic rings. The van der Waals surface area contributed by atoms with E-state index in [1.807, 2.05) is 0 Å². The number of hydrogen-bond acceptors (Lipinski definition) is 5. The van der Waals surface area contributed by atoms with Crippen molar-refractivity contribution in [3.05, 3.63) is 47.4 Å². The number of anilines is 1. The van der Waals surface area contributed by atoms with Crippen molar-refractivity contribution in [3.8, 4) is 23.1 Å². The SMILES string of the molecule is CN1CCC[C@@](O)(CC#Cc2cccc(-c3nc(C(N)=O)c(N)cc3F)c2)C1=O. The van der Waals surface area contributed by atoms with Crippen LogP contribution in [0.4, 0.5) is 10.1 Å². The normalized spacial score (nSPS) is 18.9. The molecule has 1 aromatic carbocycles. The van der Waals surface area contributed by atoms with E-state index in [4.69, 9.17) is 11.5 Å². The molecule has 3 rings (SSSR count). The van der Waals surface area contributed by atoms with Crippen molar-refractivity contribution in [2.45, 2.75) is 24.9 Å². The number of likely N-dealkylation sites (N-methyl/N-ethyl adjacent to an activating group) is 1. The molecule has 2 heterocycles. The van der Waals surface area contributed by atoms with Crippen LogP contribution in [0.25, 0.3) is 11.3 Å². The van der Waals surface area contributed by atoms with Crippen LogP contribution in [0, 0.1) is 17.7 Å². The van der Waals surface area contributed by atoms with Crippen LogP contribution >= 0.6 is 0 Å². The van der Waals surface area contributed by atoms with Gasteiger partial charge in [0.2, 0.25) is 0 Å². The van der Waals surface area contributed by atoms with E-state index in [0.29, 0.717) is 30.5 Å². The van der Waals surface area contributed by atoms with E-state index in [1.165, 1.54) is 4.90 Å². The summed E-state index contributed by atoms with van der Waals surface area (Å²) < 4.78 is 14.3. The van der Waals surface area contributed by atoms with Crippen molar-refractivity contribution in [1.82, 2.24) is 9.88 Å². The maximum atomic E-state index is 14.3. The first-order valence-corrected chi connectivity index (χ1v) is 9.04. The van der Waals surface area contributed by atoms with E-state index < -0.39 is 17.3 Å². The molecule has 0 radical (unpaired) electrons. The molecule has 8 heteroatoms. The molecule has 2 amide bonds. The van der Waals surface area contributed by atoms with Crippen molar-refractivity contribution in [3.63, 3.8) is 0 Å². The van der Waals surface area contributed by atoms with Gasteiger partial charge in [0.15, 0.2) is 17.1 Å². The molecule has 29 heavy (non-hydrogen) atoms. The highest BCUT2D eigenvalue weighted by Gasteiger charge is 2.40. The number of carbonyl (C=O) groups is 2. The van der Waals surface area contributed by atoms with E-state index in [9.17, 15) is 19.1 Å². The lowest BCUT2D eigenvalue weighted by Crippen LogP contribution is -2.51. The van der Waals surface area contributed by atoms with Gasteiger partial charge in [-0.3, -0.25) is 9.59 Å². The lowest BCUT2D eigenvalue weighted by Gasteiger charge is -2.35. The van der Waals surface area contributed by atoms with Crippen LogP contribution in [0.2, 0.25) is 0 Å². The highest BCUT2D eigenvalue weighted by molar-refractivity contribution is 5.96. The Labute approximate surface area is 167 Å². The number of halogens is 1. The monoisotopic (exact) mass is 396 g/mol. The molecule has 7 nitrogen and oxygen atoms in total. The molecule has 1 aliphatic heterocycles. The Balaban J connectivity index is 1.87. The molecule has 0 unspecified atom stereocenters. The second-order valence-electron chi connectivity index (χ2n) is 7.04. The topological polar surface area (TPSA) is 123 Å². The minimum atomic E-state index is -1.49. The number of carbonyl (C=O) groups excluding carboxylic acids is 2. The Morgan fingerprint density at radius 1 is 1.41 bits per heavy atom. The lowest BCUT2D eigenvalue weighted by molar-refractivity contribution is -0.154. The number of nitrogen functional groups attached to an aromatic ring is 1. The second kappa shape index (κ2) is 7.89. The first kappa shape index (κ1) is 20.3. The number of aliphatic hydroxyl groups is 1. The Bertz CT molecular complexity index is 1040. The molecule has 0 aliphatic carbocycles. The van der Waals surface area contributed by atoms with Crippen LogP contribution in [0.1, 0.15) is 35.3 Å². The highest BCUT2D eigenvalue weighted by atomic mass is 19.1. The third kappa shape index (κ3) is 4.20. The number of nitrogens with zero attached hydrogens (tertiary/aromatic N) is 2. The van der Waals surface area contributed by atoms with E-state index in [-0.39, 0.29) is 29.4 Å². The quantitative estimate of drug-likeness (QED) is 0.675. The summed E-state index contributed by atoms with van der Waals surface area (Å²) in [5.74, 6) is 3.84. The number of amides is 2. The number of hydrogen-bond donors (Lipinski definition) is 3. The molecule has 1 saturated heterocycles. The maximum Gasteiger partial charge on any atom is 0.269 e. The van der Waals surface area contributed by atoms with Gasteiger partial charge in [-0.25, -0.2) is 9.37 Å². The number of aromatic nitrogens is 1. The summed E-state index contributed by atoms with van der Waals surface area (Å²) in [6.07, 6.45) is 1.07. The number of benzene rings is 1. The van der Waals surface area contributed by atoms with Crippen molar-refractivity contribution in [2.24, 2.45) is 5.73 Å². The number of pyridine rings is 1. The van der Waals surface area contributed by atoms with Gasteiger partial charge in [-0.1, -0.05) is 24.0 Å². The first-order valence-electron chi connectivity index (χ1n) is 9.04. The first-order chi connectivity index (χ1) is 13.7. The summed E-state index contributed by atoms with van der Waals surface area (Å²) in [5.41, 5.74) is 9.85. The number of likely N-dealkylation sites (tertiary alicyclic amines) is 1. The van der Waals surface area contributed by atoms with Crippen LogP contribution in [0.3, 0.4) is 0 Å². The van der Waals surface area contributed by atoms with Gasteiger partial charge in [-0.15, -0.1) is 0 Å². The Morgan fingerprint density at radius 3 is 2.90 bits per heavy atom. The molecule has 0 bridgehead atoms. The van der Waals surface area contributed by atoms with Crippen LogP contribution in [-0.4, -0.2) is 46.0 Å². The van der Waals surface area contributed by atoms with E-state index in [0.717, 1.165) is 6.07 Å². The summed E-state index contributed by atoms with van der Waals surface area (Å²) in [7, 11) is 1.65. The van der Waals surface area contributed by atoms with Crippen LogP contribution in [0.5, 0.6) is 0 Å². The summed E-state index contributed by atoms with van der Waals surface area (Å²) in [5, 5.41) is 10.6. The zero-order valence-corrected chi connectivity index (χ0v) is 15.9. The van der Waals surface area contributed by atoms with Crippen molar-refractivity contribution < 1.29 is 19.1 Å². The molecular weight excluding hydrogens is 375 g/mol.